The highest BCUT2D eigenvalue weighted by atomic mass is 16.6. The molecule has 0 saturated heterocycles. The Kier molecular flexibility index (Phi) is 4.14. The molecule has 1 unspecified atom stereocenters. The minimum Gasteiger partial charge on any atom is -0.344 e. The van der Waals surface area contributed by atoms with E-state index in [9.17, 15) is 10.1 Å². The fourth-order valence-corrected chi connectivity index (χ4v) is 2.15. The van der Waals surface area contributed by atoms with Gasteiger partial charge in [0.2, 0.25) is 0 Å². The molecule has 1 aromatic heterocycles. The van der Waals surface area contributed by atoms with Gasteiger partial charge in [0.25, 0.3) is 5.69 Å². The lowest BCUT2D eigenvalue weighted by molar-refractivity contribution is -0.384. The quantitative estimate of drug-likeness (QED) is 0.646. The summed E-state index contributed by atoms with van der Waals surface area (Å²) in [5, 5.41) is 10.8. The van der Waals surface area contributed by atoms with Crippen LogP contribution in [-0.2, 0) is 0 Å². The number of nitrogens with two attached hydrogens (primary N) is 1. The van der Waals surface area contributed by atoms with Crippen LogP contribution < -0.4 is 5.73 Å². The monoisotopic (exact) mass is 274 g/mol. The number of aromatic nitrogens is 2. The molecule has 0 radical (unpaired) electrons. The number of nitrogens with one attached hydrogen (secondary N) is 1. The van der Waals surface area contributed by atoms with E-state index in [2.05, 4.69) is 16.9 Å². The number of rotatable bonds is 5. The molecule has 1 aromatic carbocycles. The topological polar surface area (TPSA) is 97.8 Å². The van der Waals surface area contributed by atoms with Crippen LogP contribution in [0, 0.1) is 17.0 Å². The molecule has 20 heavy (non-hydrogen) atoms. The first kappa shape index (κ1) is 14.2. The molecule has 6 heteroatoms. The van der Waals surface area contributed by atoms with E-state index in [1.807, 2.05) is 13.0 Å². The molecule has 0 saturated carbocycles. The van der Waals surface area contributed by atoms with E-state index < -0.39 is 4.92 Å². The van der Waals surface area contributed by atoms with Crippen LogP contribution in [0.25, 0.3) is 11.3 Å². The molecular weight excluding hydrogens is 256 g/mol. The molecule has 0 aliphatic heterocycles. The van der Waals surface area contributed by atoms with Crippen LogP contribution in [0.3, 0.4) is 0 Å². The molecule has 2 rings (SSSR count). The lowest BCUT2D eigenvalue weighted by Crippen LogP contribution is -2.11. The number of H-pyrrole nitrogens is 1. The predicted octanol–water partition coefficient (Wildman–Crippen LogP) is 3.09. The second kappa shape index (κ2) is 5.83. The van der Waals surface area contributed by atoms with Crippen molar-refractivity contribution in [3.8, 4) is 11.3 Å². The Labute approximate surface area is 117 Å². The number of benzene rings is 1. The second-order valence-electron chi connectivity index (χ2n) is 4.80. The van der Waals surface area contributed by atoms with Gasteiger partial charge in [-0.2, -0.15) is 0 Å². The summed E-state index contributed by atoms with van der Waals surface area (Å²) in [4.78, 5) is 18.1. The van der Waals surface area contributed by atoms with Crippen LogP contribution in [0.15, 0.2) is 24.3 Å². The number of hydrogen-bond acceptors (Lipinski definition) is 4. The van der Waals surface area contributed by atoms with Crippen molar-refractivity contribution in [3.05, 3.63) is 45.9 Å². The minimum atomic E-state index is -0.408. The van der Waals surface area contributed by atoms with Gasteiger partial charge in [-0.3, -0.25) is 10.1 Å². The lowest BCUT2D eigenvalue weighted by atomic mass is 10.1. The number of nitro groups is 1. The number of nitro benzene ring substituents is 1. The maximum absolute atomic E-state index is 10.8. The fourth-order valence-electron chi connectivity index (χ4n) is 2.15. The first-order valence-corrected chi connectivity index (χ1v) is 6.59. The second-order valence-corrected chi connectivity index (χ2v) is 4.80. The number of non-ortho nitro benzene ring substituents is 1. The van der Waals surface area contributed by atoms with Crippen molar-refractivity contribution < 1.29 is 4.92 Å². The van der Waals surface area contributed by atoms with Gasteiger partial charge in [0.1, 0.15) is 5.82 Å². The van der Waals surface area contributed by atoms with Gasteiger partial charge in [0.15, 0.2) is 0 Å². The van der Waals surface area contributed by atoms with Crippen molar-refractivity contribution in [2.45, 2.75) is 32.7 Å². The summed E-state index contributed by atoms with van der Waals surface area (Å²) >= 11 is 0. The molecule has 106 valence electrons. The third kappa shape index (κ3) is 2.85. The number of nitrogens with zero attached hydrogens (tertiary/aromatic N) is 2. The zero-order valence-corrected chi connectivity index (χ0v) is 11.6. The minimum absolute atomic E-state index is 0.0595. The molecule has 1 atom stereocenters. The molecule has 2 aromatic rings. The zero-order chi connectivity index (χ0) is 14.7. The average Bonchev–Trinajstić information content (AvgIpc) is 2.81. The Hall–Kier alpha value is -2.21. The Morgan fingerprint density at radius 2 is 2.25 bits per heavy atom. The summed E-state index contributed by atoms with van der Waals surface area (Å²) in [6.07, 6.45) is 1.83. The van der Waals surface area contributed by atoms with Gasteiger partial charge in [-0.05, 0) is 13.3 Å². The first-order valence-electron chi connectivity index (χ1n) is 6.59. The number of aromatic amines is 1. The molecule has 0 aliphatic carbocycles. The van der Waals surface area contributed by atoms with Gasteiger partial charge in [0, 0.05) is 23.4 Å². The summed E-state index contributed by atoms with van der Waals surface area (Å²) in [6.45, 7) is 3.96. The van der Waals surface area contributed by atoms with Crippen LogP contribution in [0.4, 0.5) is 5.69 Å². The van der Waals surface area contributed by atoms with E-state index in [0.717, 1.165) is 35.6 Å². The van der Waals surface area contributed by atoms with Gasteiger partial charge in [-0.15, -0.1) is 0 Å². The summed E-state index contributed by atoms with van der Waals surface area (Å²) < 4.78 is 0. The molecule has 0 fully saturated rings. The summed E-state index contributed by atoms with van der Waals surface area (Å²) in [6, 6.07) is 6.33. The third-order valence-corrected chi connectivity index (χ3v) is 3.18. The number of imidazole rings is 1. The Morgan fingerprint density at radius 1 is 1.50 bits per heavy atom. The smallest absolute Gasteiger partial charge is 0.270 e. The van der Waals surface area contributed by atoms with Crippen molar-refractivity contribution in [1.82, 2.24) is 9.97 Å². The van der Waals surface area contributed by atoms with Gasteiger partial charge in [-0.1, -0.05) is 25.5 Å². The zero-order valence-electron chi connectivity index (χ0n) is 11.6. The molecule has 6 nitrogen and oxygen atoms in total. The van der Waals surface area contributed by atoms with Gasteiger partial charge < -0.3 is 10.7 Å². The van der Waals surface area contributed by atoms with Gasteiger partial charge in [0.05, 0.1) is 16.7 Å². The highest BCUT2D eigenvalue weighted by Gasteiger charge is 2.15. The van der Waals surface area contributed by atoms with E-state index in [4.69, 9.17) is 5.73 Å². The first-order chi connectivity index (χ1) is 9.52. The molecule has 0 amide bonds. The van der Waals surface area contributed by atoms with Crippen LogP contribution in [0.5, 0.6) is 0 Å². The van der Waals surface area contributed by atoms with E-state index in [0.29, 0.717) is 0 Å². The molecule has 0 bridgehead atoms. The Morgan fingerprint density at radius 3 is 2.90 bits per heavy atom. The lowest BCUT2D eigenvalue weighted by Gasteiger charge is -2.05. The maximum Gasteiger partial charge on any atom is 0.270 e. The molecule has 0 spiro atoms. The standard InChI is InChI=1S/C14H18N4O2/c1-3-5-12(15)14-16-9(2)13(17-14)10-6-4-7-11(8-10)18(19)20/h4,6-8,12H,3,5,15H2,1-2H3,(H,16,17). The highest BCUT2D eigenvalue weighted by molar-refractivity contribution is 5.64. The van der Waals surface area contributed by atoms with Crippen molar-refractivity contribution in [3.63, 3.8) is 0 Å². The largest absolute Gasteiger partial charge is 0.344 e. The maximum atomic E-state index is 10.8. The van der Waals surface area contributed by atoms with Crippen LogP contribution >= 0.6 is 0 Å². The molecular formula is C14H18N4O2. The van der Waals surface area contributed by atoms with Crippen LogP contribution in [0.1, 0.15) is 37.3 Å². The SMILES string of the molecule is CCCC(N)c1nc(-c2cccc([N+](=O)[O-])c2)c(C)[nH]1. The highest BCUT2D eigenvalue weighted by Crippen LogP contribution is 2.26. The van der Waals surface area contributed by atoms with Crippen molar-refractivity contribution >= 4 is 5.69 Å². The molecule has 0 aliphatic rings. The molecule has 1 heterocycles. The molecule has 3 N–H and O–H groups in total. The van der Waals surface area contributed by atoms with Crippen LogP contribution in [0.2, 0.25) is 0 Å². The Bertz CT molecular complexity index is 621. The van der Waals surface area contributed by atoms with E-state index >= 15 is 0 Å². The van der Waals surface area contributed by atoms with E-state index in [1.165, 1.54) is 12.1 Å². The summed E-state index contributed by atoms with van der Waals surface area (Å²) in [5.41, 5.74) is 8.41. The van der Waals surface area contributed by atoms with Crippen molar-refractivity contribution in [1.29, 1.82) is 0 Å². The van der Waals surface area contributed by atoms with Crippen LogP contribution in [-0.4, -0.2) is 14.9 Å². The fraction of sp³-hybridized carbons (Fsp3) is 0.357. The summed E-state index contributed by atoms with van der Waals surface area (Å²) in [7, 11) is 0. The number of hydrogen-bond donors (Lipinski definition) is 2. The summed E-state index contributed by atoms with van der Waals surface area (Å²) in [5.74, 6) is 0.728. The van der Waals surface area contributed by atoms with E-state index in [1.54, 1.807) is 6.07 Å². The average molecular weight is 274 g/mol. The van der Waals surface area contributed by atoms with Gasteiger partial charge in [-0.25, -0.2) is 4.98 Å². The van der Waals surface area contributed by atoms with Gasteiger partial charge >= 0.3 is 0 Å². The normalized spacial score (nSPS) is 12.3. The van der Waals surface area contributed by atoms with Crippen molar-refractivity contribution in [2.75, 3.05) is 0 Å². The predicted molar refractivity (Wildman–Crippen MR) is 77.3 cm³/mol. The van der Waals surface area contributed by atoms with Crippen molar-refractivity contribution in [2.24, 2.45) is 5.73 Å². The third-order valence-electron chi connectivity index (χ3n) is 3.18. The Balaban J connectivity index is 2.38. The number of aryl methyl sites for hydroxylation is 1. The van der Waals surface area contributed by atoms with E-state index in [-0.39, 0.29) is 11.7 Å².